The molecule has 21 heavy (non-hydrogen) atoms. The van der Waals surface area contributed by atoms with Gasteiger partial charge >= 0.3 is 5.97 Å². The quantitative estimate of drug-likeness (QED) is 0.865. The zero-order valence-electron chi connectivity index (χ0n) is 12.1. The molecule has 1 aliphatic rings. The number of methoxy groups -OCH3 is 1. The lowest BCUT2D eigenvalue weighted by molar-refractivity contribution is -0.149. The van der Waals surface area contributed by atoms with E-state index in [9.17, 15) is 9.90 Å². The van der Waals surface area contributed by atoms with Gasteiger partial charge in [0.1, 0.15) is 6.04 Å². The van der Waals surface area contributed by atoms with Crippen LogP contribution in [0.5, 0.6) is 0 Å². The largest absolute Gasteiger partial charge is 0.468 e. The maximum absolute atomic E-state index is 12.2. The van der Waals surface area contributed by atoms with E-state index in [1.54, 1.807) is 18.2 Å². The molecule has 0 amide bonds. The number of hydrogen-bond acceptors (Lipinski definition) is 4. The molecule has 0 radical (unpaired) electrons. The minimum Gasteiger partial charge on any atom is -0.468 e. The van der Waals surface area contributed by atoms with Crippen molar-refractivity contribution in [1.82, 2.24) is 4.90 Å². The van der Waals surface area contributed by atoms with Gasteiger partial charge in [-0.05, 0) is 30.0 Å². The number of halogens is 2. The second-order valence-corrected chi connectivity index (χ2v) is 6.24. The van der Waals surface area contributed by atoms with Crippen LogP contribution in [-0.4, -0.2) is 42.3 Å². The van der Waals surface area contributed by atoms with Gasteiger partial charge in [-0.1, -0.05) is 36.2 Å². The normalized spacial score (nSPS) is 24.6. The minimum atomic E-state index is -0.528. The molecule has 0 spiro atoms. The second-order valence-electron chi connectivity index (χ2n) is 5.43. The monoisotopic (exact) mass is 331 g/mol. The van der Waals surface area contributed by atoms with Crippen LogP contribution >= 0.6 is 23.2 Å². The fourth-order valence-electron chi connectivity index (χ4n) is 2.69. The number of nitrogens with zero attached hydrogens (tertiary/aromatic N) is 1. The summed E-state index contributed by atoms with van der Waals surface area (Å²) in [6.45, 7) is 3.23. The number of hydrogen-bond donors (Lipinski definition) is 1. The zero-order valence-corrected chi connectivity index (χ0v) is 13.6. The number of rotatable bonds is 3. The molecule has 2 rings (SSSR count). The molecular formula is C15H19Cl2NO3. The Morgan fingerprint density at radius 3 is 2.71 bits per heavy atom. The highest BCUT2D eigenvalue weighted by Crippen LogP contribution is 2.31. The van der Waals surface area contributed by atoms with Gasteiger partial charge in [0.2, 0.25) is 0 Å². The average Bonchev–Trinajstić information content (AvgIpc) is 2.46. The highest BCUT2D eigenvalue weighted by Gasteiger charge is 2.34. The van der Waals surface area contributed by atoms with Gasteiger partial charge in [0, 0.05) is 13.1 Å². The van der Waals surface area contributed by atoms with E-state index in [0.29, 0.717) is 29.6 Å². The number of piperidine rings is 1. The first-order valence-corrected chi connectivity index (χ1v) is 7.64. The Hall–Kier alpha value is -0.810. The molecule has 116 valence electrons. The second kappa shape index (κ2) is 6.97. The van der Waals surface area contributed by atoms with Crippen molar-refractivity contribution in [2.45, 2.75) is 25.5 Å². The van der Waals surface area contributed by atoms with E-state index in [1.807, 2.05) is 11.8 Å². The van der Waals surface area contributed by atoms with Crippen LogP contribution in [0.25, 0.3) is 0 Å². The van der Waals surface area contributed by atoms with Crippen LogP contribution in [-0.2, 0) is 9.53 Å². The van der Waals surface area contributed by atoms with Crippen molar-refractivity contribution in [3.05, 3.63) is 33.8 Å². The van der Waals surface area contributed by atoms with Crippen molar-refractivity contribution in [1.29, 1.82) is 0 Å². The van der Waals surface area contributed by atoms with Crippen LogP contribution in [0.3, 0.4) is 0 Å². The number of benzene rings is 1. The van der Waals surface area contributed by atoms with Crippen molar-refractivity contribution in [2.24, 2.45) is 5.92 Å². The number of carbonyl (C=O) groups excluding carboxylic acids is 1. The summed E-state index contributed by atoms with van der Waals surface area (Å²) < 4.78 is 4.93. The fraction of sp³-hybridized carbons (Fsp3) is 0.533. The predicted octanol–water partition coefficient (Wildman–Crippen LogP) is 2.91. The summed E-state index contributed by atoms with van der Waals surface area (Å²) >= 11 is 12.0. The lowest BCUT2D eigenvalue weighted by atomic mass is 9.93. The van der Waals surface area contributed by atoms with Gasteiger partial charge in [-0.15, -0.1) is 0 Å². The third kappa shape index (κ3) is 3.69. The third-order valence-corrected chi connectivity index (χ3v) is 4.68. The summed E-state index contributed by atoms with van der Waals surface area (Å²) in [6.07, 6.45) is 0.309. The Morgan fingerprint density at radius 2 is 2.14 bits per heavy atom. The Kier molecular flexibility index (Phi) is 5.49. The maximum atomic E-state index is 12.2. The molecule has 4 nitrogen and oxygen atoms in total. The van der Waals surface area contributed by atoms with Crippen molar-refractivity contribution in [3.63, 3.8) is 0 Å². The number of carbonyl (C=O) groups is 1. The molecule has 3 atom stereocenters. The maximum Gasteiger partial charge on any atom is 0.327 e. The smallest absolute Gasteiger partial charge is 0.327 e. The Balaban J connectivity index is 2.30. The number of esters is 1. The van der Waals surface area contributed by atoms with E-state index in [4.69, 9.17) is 27.9 Å². The molecule has 1 aromatic carbocycles. The van der Waals surface area contributed by atoms with Crippen LogP contribution in [0.1, 0.15) is 24.9 Å². The topological polar surface area (TPSA) is 49.8 Å². The van der Waals surface area contributed by atoms with E-state index in [2.05, 4.69) is 0 Å². The lowest BCUT2D eigenvalue weighted by Gasteiger charge is -2.38. The van der Waals surface area contributed by atoms with Crippen LogP contribution in [0.2, 0.25) is 10.0 Å². The van der Waals surface area contributed by atoms with E-state index in [-0.39, 0.29) is 18.0 Å². The molecule has 1 heterocycles. The molecule has 1 aliphatic heterocycles. The zero-order chi connectivity index (χ0) is 15.6. The molecular weight excluding hydrogens is 313 g/mol. The van der Waals surface area contributed by atoms with Crippen LogP contribution in [0.15, 0.2) is 18.2 Å². The fourth-order valence-corrected chi connectivity index (χ4v) is 3.00. The highest BCUT2D eigenvalue weighted by atomic mass is 35.5. The minimum absolute atomic E-state index is 0.105. The summed E-state index contributed by atoms with van der Waals surface area (Å²) in [7, 11) is 1.37. The van der Waals surface area contributed by atoms with Crippen molar-refractivity contribution >= 4 is 29.2 Å². The van der Waals surface area contributed by atoms with Gasteiger partial charge in [-0.2, -0.15) is 0 Å². The molecule has 1 saturated heterocycles. The lowest BCUT2D eigenvalue weighted by Crippen LogP contribution is -2.46. The van der Waals surface area contributed by atoms with Crippen LogP contribution < -0.4 is 0 Å². The molecule has 0 unspecified atom stereocenters. The van der Waals surface area contributed by atoms with Crippen molar-refractivity contribution in [3.8, 4) is 0 Å². The highest BCUT2D eigenvalue weighted by molar-refractivity contribution is 6.42. The van der Waals surface area contributed by atoms with Gasteiger partial charge in [-0.3, -0.25) is 4.90 Å². The van der Waals surface area contributed by atoms with Crippen LogP contribution in [0.4, 0.5) is 0 Å². The molecule has 0 saturated carbocycles. The Labute approximate surface area is 134 Å². The summed E-state index contributed by atoms with van der Waals surface area (Å²) in [5, 5.41) is 10.7. The first kappa shape index (κ1) is 16.6. The molecule has 0 aliphatic carbocycles. The standard InChI is InChI=1S/C15H19Cl2NO3/c1-9-8-18(6-5-13(9)19)14(15(20)21-2)10-3-4-11(16)12(17)7-10/h3-4,7,9,13-14,19H,5-6,8H2,1-2H3/t9-,13-,14-/m0/s1. The van der Waals surface area contributed by atoms with Gasteiger partial charge in [0.15, 0.2) is 0 Å². The number of ether oxygens (including phenoxy) is 1. The molecule has 6 heteroatoms. The van der Waals surface area contributed by atoms with E-state index >= 15 is 0 Å². The average molecular weight is 332 g/mol. The van der Waals surface area contributed by atoms with Gasteiger partial charge in [0.05, 0.1) is 23.3 Å². The molecule has 0 bridgehead atoms. The van der Waals surface area contributed by atoms with E-state index in [0.717, 1.165) is 5.56 Å². The predicted molar refractivity (Wildman–Crippen MR) is 82.6 cm³/mol. The summed E-state index contributed by atoms with van der Waals surface area (Å²) in [5.74, 6) is -0.231. The summed E-state index contributed by atoms with van der Waals surface area (Å²) in [4.78, 5) is 14.2. The van der Waals surface area contributed by atoms with E-state index < -0.39 is 6.04 Å². The Morgan fingerprint density at radius 1 is 1.43 bits per heavy atom. The summed E-state index contributed by atoms with van der Waals surface area (Å²) in [6, 6.07) is 4.63. The first-order chi connectivity index (χ1) is 9.93. The number of aliphatic hydroxyl groups excluding tert-OH is 1. The molecule has 1 fully saturated rings. The van der Waals surface area contributed by atoms with Gasteiger partial charge < -0.3 is 9.84 Å². The molecule has 1 aromatic rings. The molecule has 1 N–H and O–H groups in total. The SMILES string of the molecule is COC(=O)[C@H](c1ccc(Cl)c(Cl)c1)N1CC[C@H](O)[C@@H](C)C1. The Bertz CT molecular complexity index is 524. The number of likely N-dealkylation sites (tertiary alicyclic amines) is 1. The van der Waals surface area contributed by atoms with E-state index in [1.165, 1.54) is 7.11 Å². The first-order valence-electron chi connectivity index (χ1n) is 6.89. The summed E-state index contributed by atoms with van der Waals surface area (Å²) in [5.41, 5.74) is 0.750. The number of aliphatic hydroxyl groups is 1. The van der Waals surface area contributed by atoms with Gasteiger partial charge in [-0.25, -0.2) is 4.79 Å². The third-order valence-electron chi connectivity index (χ3n) is 3.94. The van der Waals surface area contributed by atoms with Crippen molar-refractivity contribution in [2.75, 3.05) is 20.2 Å². The van der Waals surface area contributed by atoms with Crippen LogP contribution in [0, 0.1) is 5.92 Å². The van der Waals surface area contributed by atoms with Crippen molar-refractivity contribution < 1.29 is 14.6 Å². The molecule has 0 aromatic heterocycles. The van der Waals surface area contributed by atoms with Gasteiger partial charge in [0.25, 0.3) is 0 Å².